The highest BCUT2D eigenvalue weighted by molar-refractivity contribution is 5.29. The van der Waals surface area contributed by atoms with E-state index < -0.39 is 0 Å². The van der Waals surface area contributed by atoms with E-state index in [2.05, 4.69) is 12.0 Å². The lowest BCUT2D eigenvalue weighted by Crippen LogP contribution is -1.96. The predicted octanol–water partition coefficient (Wildman–Crippen LogP) is 2.51. The maximum atomic E-state index is 5.31. The SMILES string of the molecule is C#CC(C)Cc1cccc(OC)c1. The Labute approximate surface area is 79.7 Å². The number of terminal acetylenes is 1. The molecule has 0 aromatic heterocycles. The van der Waals surface area contributed by atoms with E-state index in [4.69, 9.17) is 11.2 Å². The molecule has 0 spiro atoms. The minimum absolute atomic E-state index is 0.284. The molecule has 68 valence electrons. The average Bonchev–Trinajstić information content (AvgIpc) is 2.18. The Balaban J connectivity index is 2.73. The molecule has 1 nitrogen and oxygen atoms in total. The van der Waals surface area contributed by atoms with E-state index in [-0.39, 0.29) is 5.92 Å². The third-order valence-corrected chi connectivity index (χ3v) is 1.96. The van der Waals surface area contributed by atoms with Gasteiger partial charge in [0.05, 0.1) is 7.11 Å². The van der Waals surface area contributed by atoms with Crippen LogP contribution in [0, 0.1) is 18.3 Å². The van der Waals surface area contributed by atoms with E-state index in [0.717, 1.165) is 12.2 Å². The van der Waals surface area contributed by atoms with Crippen LogP contribution in [0.4, 0.5) is 0 Å². The highest BCUT2D eigenvalue weighted by Gasteiger charge is 2.00. The molecule has 0 N–H and O–H groups in total. The summed E-state index contributed by atoms with van der Waals surface area (Å²) < 4.78 is 5.12. The van der Waals surface area contributed by atoms with Crippen LogP contribution in [-0.2, 0) is 6.42 Å². The van der Waals surface area contributed by atoms with Crippen LogP contribution in [0.3, 0.4) is 0 Å². The summed E-state index contributed by atoms with van der Waals surface area (Å²) in [5.41, 5.74) is 1.23. The van der Waals surface area contributed by atoms with Gasteiger partial charge in [-0.3, -0.25) is 0 Å². The lowest BCUT2D eigenvalue weighted by Gasteiger charge is -2.05. The standard InChI is InChI=1S/C12H14O/c1-4-10(2)8-11-6-5-7-12(9-11)13-3/h1,5-7,9-10H,8H2,2-3H3. The van der Waals surface area contributed by atoms with E-state index in [1.165, 1.54) is 5.56 Å². The zero-order chi connectivity index (χ0) is 9.68. The number of hydrogen-bond acceptors (Lipinski definition) is 1. The van der Waals surface area contributed by atoms with Crippen molar-refractivity contribution in [3.63, 3.8) is 0 Å². The topological polar surface area (TPSA) is 9.23 Å². The molecule has 1 unspecified atom stereocenters. The van der Waals surface area contributed by atoms with Gasteiger partial charge in [0.15, 0.2) is 0 Å². The van der Waals surface area contributed by atoms with Gasteiger partial charge in [0.2, 0.25) is 0 Å². The molecule has 0 aliphatic heterocycles. The number of ether oxygens (including phenoxy) is 1. The van der Waals surface area contributed by atoms with E-state index in [1.54, 1.807) is 7.11 Å². The molecule has 1 aromatic rings. The minimum atomic E-state index is 0.284. The third kappa shape index (κ3) is 2.83. The van der Waals surface area contributed by atoms with Crippen molar-refractivity contribution in [2.24, 2.45) is 5.92 Å². The summed E-state index contributed by atoms with van der Waals surface area (Å²) in [7, 11) is 1.67. The largest absolute Gasteiger partial charge is 0.497 e. The van der Waals surface area contributed by atoms with Crippen molar-refractivity contribution in [2.45, 2.75) is 13.3 Å². The molecule has 1 rings (SSSR count). The smallest absolute Gasteiger partial charge is 0.119 e. The Kier molecular flexibility index (Phi) is 3.40. The molecule has 0 saturated heterocycles. The summed E-state index contributed by atoms with van der Waals surface area (Å²) in [6.07, 6.45) is 6.22. The number of rotatable bonds is 3. The first-order chi connectivity index (χ1) is 6.26. The lowest BCUT2D eigenvalue weighted by molar-refractivity contribution is 0.414. The highest BCUT2D eigenvalue weighted by Crippen LogP contribution is 2.15. The lowest BCUT2D eigenvalue weighted by atomic mass is 10.0. The molecule has 1 aromatic carbocycles. The third-order valence-electron chi connectivity index (χ3n) is 1.96. The highest BCUT2D eigenvalue weighted by atomic mass is 16.5. The molecular formula is C12H14O. The van der Waals surface area contributed by atoms with Crippen molar-refractivity contribution in [1.29, 1.82) is 0 Å². The fourth-order valence-electron chi connectivity index (χ4n) is 1.21. The quantitative estimate of drug-likeness (QED) is 0.640. The van der Waals surface area contributed by atoms with E-state index in [0.29, 0.717) is 0 Å². The maximum Gasteiger partial charge on any atom is 0.119 e. The second kappa shape index (κ2) is 4.57. The molecule has 1 heteroatoms. The fraction of sp³-hybridized carbons (Fsp3) is 0.333. The van der Waals surface area contributed by atoms with Gasteiger partial charge in [-0.1, -0.05) is 19.1 Å². The minimum Gasteiger partial charge on any atom is -0.497 e. The van der Waals surface area contributed by atoms with Crippen molar-refractivity contribution in [2.75, 3.05) is 7.11 Å². The van der Waals surface area contributed by atoms with E-state index in [1.807, 2.05) is 25.1 Å². The molecule has 1 atom stereocenters. The monoisotopic (exact) mass is 174 g/mol. The molecule has 0 saturated carbocycles. The summed E-state index contributed by atoms with van der Waals surface area (Å²) in [6.45, 7) is 2.04. The maximum absolute atomic E-state index is 5.31. The molecule has 0 fully saturated rings. The second-order valence-corrected chi connectivity index (χ2v) is 3.12. The predicted molar refractivity (Wildman–Crippen MR) is 54.7 cm³/mol. The van der Waals surface area contributed by atoms with Crippen LogP contribution in [0.2, 0.25) is 0 Å². The van der Waals surface area contributed by atoms with Crippen LogP contribution >= 0.6 is 0 Å². The average molecular weight is 174 g/mol. The molecule has 0 amide bonds. The fourth-order valence-corrected chi connectivity index (χ4v) is 1.21. The Morgan fingerprint density at radius 2 is 2.31 bits per heavy atom. The number of hydrogen-bond donors (Lipinski definition) is 0. The van der Waals surface area contributed by atoms with E-state index in [9.17, 15) is 0 Å². The summed E-state index contributed by atoms with van der Waals surface area (Å²) in [4.78, 5) is 0. The molecule has 0 radical (unpaired) electrons. The Morgan fingerprint density at radius 3 is 2.92 bits per heavy atom. The van der Waals surface area contributed by atoms with Crippen LogP contribution < -0.4 is 4.74 Å². The Hall–Kier alpha value is -1.42. The summed E-state index contributed by atoms with van der Waals surface area (Å²) in [5, 5.41) is 0. The van der Waals surface area contributed by atoms with Gasteiger partial charge in [0.1, 0.15) is 5.75 Å². The van der Waals surface area contributed by atoms with Crippen molar-refractivity contribution in [3.8, 4) is 18.1 Å². The van der Waals surface area contributed by atoms with Crippen molar-refractivity contribution < 1.29 is 4.74 Å². The van der Waals surface area contributed by atoms with Crippen LogP contribution in [0.15, 0.2) is 24.3 Å². The summed E-state index contributed by atoms with van der Waals surface area (Å²) in [6, 6.07) is 8.01. The zero-order valence-corrected chi connectivity index (χ0v) is 8.08. The molecule has 13 heavy (non-hydrogen) atoms. The first-order valence-corrected chi connectivity index (χ1v) is 4.35. The van der Waals surface area contributed by atoms with Crippen molar-refractivity contribution in [1.82, 2.24) is 0 Å². The van der Waals surface area contributed by atoms with Crippen LogP contribution in [0.1, 0.15) is 12.5 Å². The zero-order valence-electron chi connectivity index (χ0n) is 8.08. The van der Waals surface area contributed by atoms with Gasteiger partial charge in [-0.05, 0) is 24.1 Å². The first-order valence-electron chi connectivity index (χ1n) is 4.35. The van der Waals surface area contributed by atoms with Crippen LogP contribution in [0.5, 0.6) is 5.75 Å². The number of methoxy groups -OCH3 is 1. The molecule has 0 bridgehead atoms. The molecule has 0 aliphatic carbocycles. The van der Waals surface area contributed by atoms with Gasteiger partial charge < -0.3 is 4.74 Å². The van der Waals surface area contributed by atoms with Crippen molar-refractivity contribution >= 4 is 0 Å². The first kappa shape index (κ1) is 9.67. The second-order valence-electron chi connectivity index (χ2n) is 3.12. The van der Waals surface area contributed by atoms with Gasteiger partial charge in [-0.2, -0.15) is 0 Å². The molecule has 0 heterocycles. The van der Waals surface area contributed by atoms with Crippen molar-refractivity contribution in [3.05, 3.63) is 29.8 Å². The summed E-state index contributed by atoms with van der Waals surface area (Å²) in [5.74, 6) is 3.88. The van der Waals surface area contributed by atoms with Gasteiger partial charge in [-0.15, -0.1) is 12.3 Å². The van der Waals surface area contributed by atoms with Gasteiger partial charge in [0, 0.05) is 5.92 Å². The normalized spacial score (nSPS) is 11.8. The van der Waals surface area contributed by atoms with Crippen LogP contribution in [0.25, 0.3) is 0 Å². The number of benzene rings is 1. The van der Waals surface area contributed by atoms with E-state index >= 15 is 0 Å². The molecule has 0 aliphatic rings. The van der Waals surface area contributed by atoms with Gasteiger partial charge in [0.25, 0.3) is 0 Å². The van der Waals surface area contributed by atoms with Crippen LogP contribution in [-0.4, -0.2) is 7.11 Å². The Bertz CT molecular complexity index is 309. The Morgan fingerprint density at radius 1 is 1.54 bits per heavy atom. The van der Waals surface area contributed by atoms with Gasteiger partial charge in [-0.25, -0.2) is 0 Å². The summed E-state index contributed by atoms with van der Waals surface area (Å²) >= 11 is 0. The molecular weight excluding hydrogens is 160 g/mol. The van der Waals surface area contributed by atoms with Gasteiger partial charge >= 0.3 is 0 Å².